The molecule has 0 atom stereocenters. The number of rotatable bonds is 2. The maximum atomic E-state index is 10.0. The van der Waals surface area contributed by atoms with Gasteiger partial charge >= 0.3 is 0 Å². The van der Waals surface area contributed by atoms with Crippen LogP contribution in [-0.2, 0) is 6.42 Å². The predicted molar refractivity (Wildman–Crippen MR) is 28.0 cm³/mol. The van der Waals surface area contributed by atoms with E-state index in [0.717, 1.165) is 0 Å². The van der Waals surface area contributed by atoms with Crippen molar-refractivity contribution in [2.24, 2.45) is 0 Å². The largest absolute Gasteiger partial charge is 0.541 e. The molecule has 1 aromatic heterocycles. The van der Waals surface area contributed by atoms with Crippen molar-refractivity contribution in [3.05, 3.63) is 11.7 Å². The monoisotopic (exact) mass is 141 g/mol. The SMILES string of the molecule is CCc1nc(C(=O)[O-])no1. The molecule has 0 amide bonds. The van der Waals surface area contributed by atoms with E-state index >= 15 is 0 Å². The molecule has 5 heteroatoms. The van der Waals surface area contributed by atoms with E-state index in [2.05, 4.69) is 14.7 Å². The van der Waals surface area contributed by atoms with Crippen LogP contribution in [0.4, 0.5) is 0 Å². The summed E-state index contributed by atoms with van der Waals surface area (Å²) < 4.78 is 4.49. The van der Waals surface area contributed by atoms with E-state index in [4.69, 9.17) is 0 Å². The topological polar surface area (TPSA) is 79.0 Å². The second-order valence-electron chi connectivity index (χ2n) is 1.65. The van der Waals surface area contributed by atoms with Crippen LogP contribution in [0.5, 0.6) is 0 Å². The third-order valence-electron chi connectivity index (χ3n) is 0.953. The molecule has 0 aromatic carbocycles. The fraction of sp³-hybridized carbons (Fsp3) is 0.400. The lowest BCUT2D eigenvalue weighted by atomic mass is 10.5. The number of carboxylic acid groups (broad SMARTS) is 1. The van der Waals surface area contributed by atoms with Crippen molar-refractivity contribution in [3.63, 3.8) is 0 Å². The fourth-order valence-corrected chi connectivity index (χ4v) is 0.481. The quantitative estimate of drug-likeness (QED) is 0.527. The molecule has 5 nitrogen and oxygen atoms in total. The lowest BCUT2D eigenvalue weighted by Crippen LogP contribution is -2.23. The van der Waals surface area contributed by atoms with Crippen LogP contribution in [0.2, 0.25) is 0 Å². The lowest BCUT2D eigenvalue weighted by Gasteiger charge is -1.87. The number of hydrogen-bond acceptors (Lipinski definition) is 5. The maximum Gasteiger partial charge on any atom is 0.226 e. The zero-order valence-corrected chi connectivity index (χ0v) is 5.33. The summed E-state index contributed by atoms with van der Waals surface area (Å²) in [5.74, 6) is -1.50. The van der Waals surface area contributed by atoms with Gasteiger partial charge in [0.15, 0.2) is 0 Å². The maximum absolute atomic E-state index is 10.0. The molecule has 0 saturated carbocycles. The fourth-order valence-electron chi connectivity index (χ4n) is 0.481. The minimum Gasteiger partial charge on any atom is -0.541 e. The summed E-state index contributed by atoms with van der Waals surface area (Å²) in [5.41, 5.74) is 0. The van der Waals surface area contributed by atoms with Gasteiger partial charge < -0.3 is 14.4 Å². The summed E-state index contributed by atoms with van der Waals surface area (Å²) >= 11 is 0. The van der Waals surface area contributed by atoms with E-state index in [1.807, 2.05) is 0 Å². The Morgan fingerprint density at radius 3 is 2.80 bits per heavy atom. The predicted octanol–water partition coefficient (Wildman–Crippen LogP) is -1.00. The zero-order chi connectivity index (χ0) is 7.56. The Labute approximate surface area is 56.7 Å². The van der Waals surface area contributed by atoms with Gasteiger partial charge in [0.2, 0.25) is 11.7 Å². The molecule has 54 valence electrons. The average molecular weight is 141 g/mol. The number of aromatic nitrogens is 2. The Bertz CT molecular complexity index is 243. The number of hydrogen-bond donors (Lipinski definition) is 0. The van der Waals surface area contributed by atoms with Gasteiger partial charge in [-0.05, 0) is 0 Å². The molecule has 0 aliphatic heterocycles. The summed E-state index contributed by atoms with van der Waals surface area (Å²) in [5, 5.41) is 13.2. The van der Waals surface area contributed by atoms with Gasteiger partial charge in [0.1, 0.15) is 5.97 Å². The summed E-state index contributed by atoms with van der Waals surface area (Å²) in [6.45, 7) is 1.78. The van der Waals surface area contributed by atoms with Crippen molar-refractivity contribution < 1.29 is 14.4 Å². The van der Waals surface area contributed by atoms with Crippen molar-refractivity contribution >= 4 is 5.97 Å². The second kappa shape index (κ2) is 2.47. The number of aryl methyl sites for hydroxylation is 1. The molecular formula is C5H5N2O3-. The van der Waals surface area contributed by atoms with Gasteiger partial charge in [-0.15, -0.1) is 0 Å². The van der Waals surface area contributed by atoms with Crippen LogP contribution in [0.3, 0.4) is 0 Å². The number of aromatic carboxylic acids is 1. The molecule has 0 spiro atoms. The van der Waals surface area contributed by atoms with E-state index in [-0.39, 0.29) is 0 Å². The third kappa shape index (κ3) is 1.12. The Hall–Kier alpha value is -1.39. The van der Waals surface area contributed by atoms with Crippen LogP contribution >= 0.6 is 0 Å². The standard InChI is InChI=1S/C5H6N2O3/c1-2-3-6-4(5(8)9)7-10-3/h2H2,1H3,(H,8,9)/p-1. The summed E-state index contributed by atoms with van der Waals surface area (Å²) in [7, 11) is 0. The highest BCUT2D eigenvalue weighted by molar-refractivity contribution is 5.80. The van der Waals surface area contributed by atoms with Gasteiger partial charge in [-0.1, -0.05) is 12.1 Å². The Kier molecular flexibility index (Phi) is 1.66. The van der Waals surface area contributed by atoms with Gasteiger partial charge in [0.05, 0.1) is 0 Å². The number of carbonyl (C=O) groups is 1. The van der Waals surface area contributed by atoms with Gasteiger partial charge in [0, 0.05) is 6.42 Å². The first-order valence-electron chi connectivity index (χ1n) is 2.78. The zero-order valence-electron chi connectivity index (χ0n) is 5.33. The lowest BCUT2D eigenvalue weighted by molar-refractivity contribution is -0.256. The van der Waals surface area contributed by atoms with Crippen molar-refractivity contribution in [1.82, 2.24) is 10.1 Å². The first kappa shape index (κ1) is 6.73. The van der Waals surface area contributed by atoms with E-state index < -0.39 is 11.8 Å². The molecular weight excluding hydrogens is 136 g/mol. The molecule has 1 heterocycles. The van der Waals surface area contributed by atoms with E-state index in [1.165, 1.54) is 0 Å². The van der Waals surface area contributed by atoms with Gasteiger partial charge in [-0.3, -0.25) is 0 Å². The molecule has 0 radical (unpaired) electrons. The Balaban J connectivity index is 2.88. The first-order valence-corrected chi connectivity index (χ1v) is 2.78. The van der Waals surface area contributed by atoms with E-state index in [9.17, 15) is 9.90 Å². The van der Waals surface area contributed by atoms with Crippen molar-refractivity contribution in [3.8, 4) is 0 Å². The number of nitrogens with zero attached hydrogens (tertiary/aromatic N) is 2. The minimum absolute atomic E-state index is 0.305. The number of carboxylic acids is 1. The van der Waals surface area contributed by atoms with E-state index in [0.29, 0.717) is 12.3 Å². The first-order chi connectivity index (χ1) is 4.74. The molecule has 10 heavy (non-hydrogen) atoms. The smallest absolute Gasteiger partial charge is 0.226 e. The molecule has 0 N–H and O–H groups in total. The molecule has 0 saturated heterocycles. The van der Waals surface area contributed by atoms with E-state index in [1.54, 1.807) is 6.92 Å². The van der Waals surface area contributed by atoms with Crippen molar-refractivity contribution in [2.45, 2.75) is 13.3 Å². The minimum atomic E-state index is -1.41. The van der Waals surface area contributed by atoms with Crippen molar-refractivity contribution in [2.75, 3.05) is 0 Å². The highest BCUT2D eigenvalue weighted by Crippen LogP contribution is 1.95. The average Bonchev–Trinajstić information content (AvgIpc) is 2.34. The summed E-state index contributed by atoms with van der Waals surface area (Å²) in [6.07, 6.45) is 0.528. The van der Waals surface area contributed by atoms with Crippen LogP contribution in [-0.4, -0.2) is 16.1 Å². The second-order valence-corrected chi connectivity index (χ2v) is 1.65. The highest BCUT2D eigenvalue weighted by Gasteiger charge is 2.02. The molecule has 0 fully saturated rings. The summed E-state index contributed by atoms with van der Waals surface area (Å²) in [6, 6.07) is 0. The van der Waals surface area contributed by atoms with Crippen molar-refractivity contribution in [1.29, 1.82) is 0 Å². The Morgan fingerprint density at radius 2 is 2.50 bits per heavy atom. The molecule has 0 unspecified atom stereocenters. The normalized spacial score (nSPS) is 9.70. The van der Waals surface area contributed by atoms with Gasteiger partial charge in [-0.2, -0.15) is 4.98 Å². The van der Waals surface area contributed by atoms with Crippen LogP contribution in [0.15, 0.2) is 4.52 Å². The molecule has 1 rings (SSSR count). The van der Waals surface area contributed by atoms with Gasteiger partial charge in [-0.25, -0.2) is 0 Å². The Morgan fingerprint density at radius 1 is 1.80 bits per heavy atom. The molecule has 0 aliphatic rings. The summed E-state index contributed by atoms with van der Waals surface area (Å²) in [4.78, 5) is 13.5. The highest BCUT2D eigenvalue weighted by atomic mass is 16.5. The van der Waals surface area contributed by atoms with Crippen LogP contribution in [0.1, 0.15) is 23.4 Å². The van der Waals surface area contributed by atoms with Gasteiger partial charge in [0.25, 0.3) is 0 Å². The van der Waals surface area contributed by atoms with Crippen LogP contribution < -0.4 is 5.11 Å². The molecule has 1 aromatic rings. The number of carbonyl (C=O) groups excluding carboxylic acids is 1. The molecule has 0 bridgehead atoms. The molecule has 0 aliphatic carbocycles. The van der Waals surface area contributed by atoms with Crippen LogP contribution in [0, 0.1) is 0 Å². The van der Waals surface area contributed by atoms with Crippen LogP contribution in [0.25, 0.3) is 0 Å². The third-order valence-corrected chi connectivity index (χ3v) is 0.953.